The van der Waals surface area contributed by atoms with Gasteiger partial charge >= 0.3 is 0 Å². The van der Waals surface area contributed by atoms with Crippen LogP contribution in [-0.4, -0.2) is 31.8 Å². The number of guanidine groups is 1. The zero-order chi connectivity index (χ0) is 13.2. The van der Waals surface area contributed by atoms with Gasteiger partial charge in [0, 0.05) is 7.11 Å². The lowest BCUT2D eigenvalue weighted by Crippen LogP contribution is -2.48. The highest BCUT2D eigenvalue weighted by Gasteiger charge is 2.14. The van der Waals surface area contributed by atoms with Crippen molar-refractivity contribution in [2.75, 3.05) is 13.7 Å². The van der Waals surface area contributed by atoms with E-state index in [0.29, 0.717) is 18.6 Å². The maximum Gasteiger partial charge on any atom is 0.206 e. The standard InChI is InChI=1S/C13H28N4O/c1-3-7-12(10-18-2)16-13(17-14)15-11-8-5-4-6-9-11/h11-12H,3-10,14H2,1-2H3,(H2,15,16,17). The van der Waals surface area contributed by atoms with Crippen LogP contribution in [0.3, 0.4) is 0 Å². The summed E-state index contributed by atoms with van der Waals surface area (Å²) >= 11 is 0. The van der Waals surface area contributed by atoms with E-state index in [-0.39, 0.29) is 6.04 Å². The van der Waals surface area contributed by atoms with E-state index in [1.54, 1.807) is 7.11 Å². The molecular formula is C13H28N4O. The van der Waals surface area contributed by atoms with Gasteiger partial charge in [-0.15, -0.1) is 0 Å². The van der Waals surface area contributed by atoms with Crippen LogP contribution >= 0.6 is 0 Å². The summed E-state index contributed by atoms with van der Waals surface area (Å²) in [5.74, 6) is 6.25. The summed E-state index contributed by atoms with van der Waals surface area (Å²) < 4.78 is 5.21. The van der Waals surface area contributed by atoms with E-state index < -0.39 is 0 Å². The van der Waals surface area contributed by atoms with Crippen LogP contribution in [0.1, 0.15) is 51.9 Å². The fourth-order valence-electron chi connectivity index (χ4n) is 2.45. The zero-order valence-electron chi connectivity index (χ0n) is 11.7. The molecule has 5 heteroatoms. The minimum absolute atomic E-state index is 0.276. The van der Waals surface area contributed by atoms with Gasteiger partial charge in [-0.3, -0.25) is 5.43 Å². The first-order chi connectivity index (χ1) is 8.80. The number of hydrogen-bond acceptors (Lipinski definition) is 3. The van der Waals surface area contributed by atoms with Crippen LogP contribution in [0.2, 0.25) is 0 Å². The van der Waals surface area contributed by atoms with E-state index in [1.165, 1.54) is 32.1 Å². The molecule has 0 saturated heterocycles. The Balaban J connectivity index is 2.49. The fourth-order valence-corrected chi connectivity index (χ4v) is 2.45. The fraction of sp³-hybridized carbons (Fsp3) is 0.923. The van der Waals surface area contributed by atoms with Gasteiger partial charge in [-0.1, -0.05) is 32.6 Å². The topological polar surface area (TPSA) is 71.7 Å². The molecule has 0 bridgehead atoms. The quantitative estimate of drug-likeness (QED) is 0.292. The van der Waals surface area contributed by atoms with Crippen LogP contribution in [0.25, 0.3) is 0 Å². The third kappa shape index (κ3) is 5.69. The molecule has 4 N–H and O–H groups in total. The molecule has 0 aromatic heterocycles. The van der Waals surface area contributed by atoms with Gasteiger partial charge < -0.3 is 10.1 Å². The highest BCUT2D eigenvalue weighted by atomic mass is 16.5. The van der Waals surface area contributed by atoms with Gasteiger partial charge in [-0.05, 0) is 19.3 Å². The minimum Gasteiger partial charge on any atom is -0.383 e. The third-order valence-corrected chi connectivity index (χ3v) is 3.37. The monoisotopic (exact) mass is 256 g/mol. The maximum absolute atomic E-state index is 5.55. The zero-order valence-corrected chi connectivity index (χ0v) is 11.7. The van der Waals surface area contributed by atoms with E-state index in [4.69, 9.17) is 10.6 Å². The van der Waals surface area contributed by atoms with Crippen molar-refractivity contribution < 1.29 is 4.74 Å². The van der Waals surface area contributed by atoms with Crippen molar-refractivity contribution in [2.24, 2.45) is 10.8 Å². The molecule has 0 aromatic rings. The van der Waals surface area contributed by atoms with Gasteiger partial charge in [0.1, 0.15) is 0 Å². The molecule has 1 aliphatic rings. The predicted octanol–water partition coefficient (Wildman–Crippen LogP) is 1.54. The lowest BCUT2D eigenvalue weighted by atomic mass is 9.96. The summed E-state index contributed by atoms with van der Waals surface area (Å²) in [7, 11) is 1.72. The molecule has 0 heterocycles. The van der Waals surface area contributed by atoms with Gasteiger partial charge in [0.2, 0.25) is 5.96 Å². The molecule has 1 saturated carbocycles. The Labute approximate surface area is 111 Å². The SMILES string of the molecule is CCCC(COC)NC(=NC1CCCCC1)NN. The van der Waals surface area contributed by atoms with Gasteiger partial charge in [-0.25, -0.2) is 10.8 Å². The first-order valence-electron chi connectivity index (χ1n) is 7.10. The first kappa shape index (κ1) is 15.2. The number of hydrogen-bond donors (Lipinski definition) is 3. The van der Waals surface area contributed by atoms with Crippen molar-refractivity contribution in [3.05, 3.63) is 0 Å². The van der Waals surface area contributed by atoms with Crippen molar-refractivity contribution in [1.29, 1.82) is 0 Å². The number of nitrogens with zero attached hydrogens (tertiary/aromatic N) is 1. The van der Waals surface area contributed by atoms with Crippen molar-refractivity contribution in [3.8, 4) is 0 Å². The molecule has 0 aliphatic heterocycles. The van der Waals surface area contributed by atoms with Crippen LogP contribution in [0.15, 0.2) is 4.99 Å². The largest absolute Gasteiger partial charge is 0.383 e. The van der Waals surface area contributed by atoms with Crippen LogP contribution in [-0.2, 0) is 4.74 Å². The lowest BCUT2D eigenvalue weighted by Gasteiger charge is -2.23. The first-order valence-corrected chi connectivity index (χ1v) is 7.10. The van der Waals surface area contributed by atoms with Gasteiger partial charge in [0.25, 0.3) is 0 Å². The van der Waals surface area contributed by atoms with Crippen molar-refractivity contribution in [3.63, 3.8) is 0 Å². The van der Waals surface area contributed by atoms with Crippen LogP contribution in [0, 0.1) is 0 Å². The van der Waals surface area contributed by atoms with Crippen molar-refractivity contribution >= 4 is 5.96 Å². The summed E-state index contributed by atoms with van der Waals surface area (Å²) in [6.45, 7) is 2.84. The molecule has 0 spiro atoms. The van der Waals surface area contributed by atoms with Crippen molar-refractivity contribution in [1.82, 2.24) is 10.7 Å². The molecule has 1 fully saturated rings. The highest BCUT2D eigenvalue weighted by Crippen LogP contribution is 2.20. The number of methoxy groups -OCH3 is 1. The Kier molecular flexibility index (Phi) is 7.76. The molecule has 0 radical (unpaired) electrons. The number of aliphatic imine (C=N–C) groups is 1. The number of hydrazine groups is 1. The normalized spacial score (nSPS) is 19.6. The van der Waals surface area contributed by atoms with E-state index >= 15 is 0 Å². The smallest absolute Gasteiger partial charge is 0.206 e. The molecule has 1 atom stereocenters. The summed E-state index contributed by atoms with van der Waals surface area (Å²) in [6.07, 6.45) is 8.42. The molecule has 18 heavy (non-hydrogen) atoms. The number of ether oxygens (including phenoxy) is 1. The minimum atomic E-state index is 0.276. The van der Waals surface area contributed by atoms with Crippen LogP contribution in [0.4, 0.5) is 0 Å². The summed E-state index contributed by atoms with van der Waals surface area (Å²) in [5.41, 5.74) is 2.68. The number of nitrogens with one attached hydrogen (secondary N) is 2. The van der Waals surface area contributed by atoms with E-state index in [0.717, 1.165) is 12.8 Å². The number of rotatable bonds is 6. The Morgan fingerprint density at radius 2 is 2.11 bits per heavy atom. The van der Waals surface area contributed by atoms with E-state index in [1.807, 2.05) is 0 Å². The highest BCUT2D eigenvalue weighted by molar-refractivity contribution is 5.79. The Morgan fingerprint density at radius 3 is 2.67 bits per heavy atom. The van der Waals surface area contributed by atoms with Gasteiger partial charge in [0.05, 0.1) is 18.7 Å². The molecule has 1 rings (SSSR count). The lowest BCUT2D eigenvalue weighted by molar-refractivity contribution is 0.169. The Bertz CT molecular complexity index is 233. The molecule has 1 unspecified atom stereocenters. The van der Waals surface area contributed by atoms with Gasteiger partial charge in [-0.2, -0.15) is 0 Å². The van der Waals surface area contributed by atoms with Crippen LogP contribution in [0.5, 0.6) is 0 Å². The predicted molar refractivity (Wildman–Crippen MR) is 75.3 cm³/mol. The van der Waals surface area contributed by atoms with E-state index in [9.17, 15) is 0 Å². The molecule has 0 aromatic carbocycles. The Morgan fingerprint density at radius 1 is 1.39 bits per heavy atom. The average Bonchev–Trinajstić information content (AvgIpc) is 2.39. The van der Waals surface area contributed by atoms with E-state index in [2.05, 4.69) is 22.7 Å². The summed E-state index contributed by atoms with van der Waals surface area (Å²) in [5, 5.41) is 3.34. The maximum atomic E-state index is 5.55. The Hall–Kier alpha value is -0.810. The van der Waals surface area contributed by atoms with Crippen molar-refractivity contribution in [2.45, 2.75) is 64.0 Å². The second-order valence-electron chi connectivity index (χ2n) is 5.00. The molecular weight excluding hydrogens is 228 g/mol. The molecule has 0 amide bonds. The summed E-state index contributed by atoms with van der Waals surface area (Å²) in [4.78, 5) is 4.67. The van der Waals surface area contributed by atoms with Gasteiger partial charge in [0.15, 0.2) is 0 Å². The number of nitrogens with two attached hydrogens (primary N) is 1. The average molecular weight is 256 g/mol. The second kappa shape index (κ2) is 9.16. The third-order valence-electron chi connectivity index (χ3n) is 3.37. The molecule has 1 aliphatic carbocycles. The van der Waals surface area contributed by atoms with Crippen LogP contribution < -0.4 is 16.6 Å². The summed E-state index contributed by atoms with van der Waals surface area (Å²) in [6, 6.07) is 0.695. The molecule has 5 nitrogen and oxygen atoms in total. The molecule has 106 valence electrons. The second-order valence-corrected chi connectivity index (χ2v) is 5.00.